The number of nitrogens with one attached hydrogen (secondary N) is 1. The number of hydrogen-bond acceptors (Lipinski definition) is 8. The maximum Gasteiger partial charge on any atom is 0.206 e. The summed E-state index contributed by atoms with van der Waals surface area (Å²) in [4.78, 5) is 11.1. The highest BCUT2D eigenvalue weighted by molar-refractivity contribution is 8.01. The molecule has 0 aliphatic rings. The van der Waals surface area contributed by atoms with Gasteiger partial charge < -0.3 is 5.32 Å². The Balaban J connectivity index is 1.81. The van der Waals surface area contributed by atoms with Crippen molar-refractivity contribution in [1.29, 1.82) is 0 Å². The molecule has 0 fully saturated rings. The summed E-state index contributed by atoms with van der Waals surface area (Å²) in [5.41, 5.74) is 1.26. The van der Waals surface area contributed by atoms with Crippen LogP contribution in [0.4, 0.5) is 5.13 Å². The van der Waals surface area contributed by atoms with Crippen LogP contribution >= 0.6 is 34.4 Å². The summed E-state index contributed by atoms with van der Waals surface area (Å²) in [6.45, 7) is 7.36. The van der Waals surface area contributed by atoms with Gasteiger partial charge in [0.1, 0.15) is 16.2 Å². The van der Waals surface area contributed by atoms with Gasteiger partial charge in [-0.25, -0.2) is 9.97 Å². The Labute approximate surface area is 141 Å². The number of nitrogens with zero attached hydrogens (tertiary/aromatic N) is 4. The molecule has 0 unspecified atom stereocenters. The lowest BCUT2D eigenvalue weighted by atomic mass is 10.2. The molecule has 116 valence electrons. The van der Waals surface area contributed by atoms with E-state index in [0.29, 0.717) is 0 Å². The van der Waals surface area contributed by atoms with Crippen molar-refractivity contribution in [3.05, 3.63) is 16.8 Å². The van der Waals surface area contributed by atoms with Crippen LogP contribution in [-0.4, -0.2) is 26.7 Å². The van der Waals surface area contributed by atoms with Crippen molar-refractivity contribution in [1.82, 2.24) is 20.2 Å². The van der Waals surface area contributed by atoms with E-state index in [1.165, 1.54) is 16.9 Å². The highest BCUT2D eigenvalue weighted by Crippen LogP contribution is 2.38. The molecule has 5 nitrogen and oxygen atoms in total. The number of anilines is 1. The summed E-state index contributed by atoms with van der Waals surface area (Å²) in [6, 6.07) is 0. The molecular weight excluding hydrogens is 334 g/mol. The van der Waals surface area contributed by atoms with Gasteiger partial charge in [-0.05, 0) is 37.6 Å². The van der Waals surface area contributed by atoms with Crippen LogP contribution in [0.5, 0.6) is 0 Å². The van der Waals surface area contributed by atoms with Crippen LogP contribution in [0.25, 0.3) is 10.2 Å². The number of rotatable bonds is 6. The molecule has 0 saturated heterocycles. The fourth-order valence-corrected chi connectivity index (χ4v) is 4.91. The van der Waals surface area contributed by atoms with E-state index in [1.807, 2.05) is 0 Å². The maximum atomic E-state index is 4.44. The number of aryl methyl sites for hydroxylation is 2. The zero-order valence-corrected chi connectivity index (χ0v) is 15.2. The van der Waals surface area contributed by atoms with Crippen molar-refractivity contribution in [3.63, 3.8) is 0 Å². The molecule has 0 saturated carbocycles. The normalized spacial score (nSPS) is 11.2. The second kappa shape index (κ2) is 6.89. The maximum absolute atomic E-state index is 4.44. The van der Waals surface area contributed by atoms with Crippen molar-refractivity contribution in [3.8, 4) is 0 Å². The Bertz CT molecular complexity index is 780. The summed E-state index contributed by atoms with van der Waals surface area (Å²) < 4.78 is 0.905. The number of unbranched alkanes of at least 4 members (excludes halogenated alkanes) is 1. The Morgan fingerprint density at radius 1 is 1.18 bits per heavy atom. The molecule has 0 bridgehead atoms. The Morgan fingerprint density at radius 3 is 2.86 bits per heavy atom. The van der Waals surface area contributed by atoms with Crippen LogP contribution in [0.3, 0.4) is 0 Å². The number of aromatic nitrogens is 4. The molecule has 0 aromatic carbocycles. The van der Waals surface area contributed by atoms with Crippen molar-refractivity contribution >= 4 is 49.8 Å². The third-order valence-corrected chi connectivity index (χ3v) is 6.38. The molecular formula is C14H17N5S3. The fourth-order valence-electron chi connectivity index (χ4n) is 2.00. The van der Waals surface area contributed by atoms with E-state index in [0.717, 1.165) is 37.7 Å². The van der Waals surface area contributed by atoms with E-state index >= 15 is 0 Å². The summed E-state index contributed by atoms with van der Waals surface area (Å²) in [5.74, 6) is 0. The molecule has 8 heteroatoms. The van der Waals surface area contributed by atoms with Crippen molar-refractivity contribution in [2.45, 2.75) is 43.0 Å². The average molecular weight is 352 g/mol. The molecule has 0 spiro atoms. The first-order valence-corrected chi connectivity index (χ1v) is 9.60. The van der Waals surface area contributed by atoms with Gasteiger partial charge in [-0.1, -0.05) is 24.7 Å². The summed E-state index contributed by atoms with van der Waals surface area (Å²) >= 11 is 4.85. The smallest absolute Gasteiger partial charge is 0.206 e. The van der Waals surface area contributed by atoms with E-state index in [4.69, 9.17) is 0 Å². The van der Waals surface area contributed by atoms with E-state index in [2.05, 4.69) is 46.3 Å². The molecule has 0 atom stereocenters. The van der Waals surface area contributed by atoms with Crippen molar-refractivity contribution in [2.75, 3.05) is 11.9 Å². The van der Waals surface area contributed by atoms with E-state index in [-0.39, 0.29) is 0 Å². The highest BCUT2D eigenvalue weighted by Gasteiger charge is 2.15. The number of fused-ring (bicyclic) bond motifs is 1. The van der Waals surface area contributed by atoms with Gasteiger partial charge >= 0.3 is 0 Å². The molecule has 3 aromatic heterocycles. The predicted molar refractivity (Wildman–Crippen MR) is 94.3 cm³/mol. The van der Waals surface area contributed by atoms with Gasteiger partial charge in [-0.15, -0.1) is 21.5 Å². The summed E-state index contributed by atoms with van der Waals surface area (Å²) in [7, 11) is 0. The van der Waals surface area contributed by atoms with E-state index in [1.54, 1.807) is 40.8 Å². The second-order valence-electron chi connectivity index (χ2n) is 4.90. The SMILES string of the molecule is CCCCNc1nnc(Sc2ncnc3sc(C)c(C)c23)s1. The largest absolute Gasteiger partial charge is 0.360 e. The molecule has 22 heavy (non-hydrogen) atoms. The van der Waals surface area contributed by atoms with E-state index in [9.17, 15) is 0 Å². The van der Waals surface area contributed by atoms with Crippen LogP contribution in [0.1, 0.15) is 30.2 Å². The molecule has 0 aliphatic carbocycles. The van der Waals surface area contributed by atoms with Gasteiger partial charge in [0, 0.05) is 16.8 Å². The van der Waals surface area contributed by atoms with Crippen molar-refractivity contribution < 1.29 is 0 Å². The molecule has 0 aliphatic heterocycles. The molecule has 0 amide bonds. The minimum atomic E-state index is 0.875. The Hall–Kier alpha value is -1.25. The first kappa shape index (κ1) is 15.6. The third-order valence-electron chi connectivity index (χ3n) is 3.33. The lowest BCUT2D eigenvalue weighted by Crippen LogP contribution is -1.99. The van der Waals surface area contributed by atoms with Gasteiger partial charge in [0.05, 0.1) is 0 Å². The van der Waals surface area contributed by atoms with Crippen LogP contribution in [0.15, 0.2) is 15.7 Å². The van der Waals surface area contributed by atoms with Crippen LogP contribution in [-0.2, 0) is 0 Å². The second-order valence-corrected chi connectivity index (χ2v) is 8.31. The predicted octanol–water partition coefficient (Wildman–Crippen LogP) is 4.52. The Morgan fingerprint density at radius 2 is 2.05 bits per heavy atom. The molecule has 0 radical (unpaired) electrons. The molecule has 3 heterocycles. The number of thiophene rings is 1. The zero-order chi connectivity index (χ0) is 15.5. The number of hydrogen-bond donors (Lipinski definition) is 1. The zero-order valence-electron chi connectivity index (χ0n) is 12.7. The van der Waals surface area contributed by atoms with Gasteiger partial charge in [0.15, 0.2) is 4.34 Å². The van der Waals surface area contributed by atoms with E-state index < -0.39 is 0 Å². The fraction of sp³-hybridized carbons (Fsp3) is 0.429. The van der Waals surface area contributed by atoms with Crippen molar-refractivity contribution in [2.24, 2.45) is 0 Å². The quantitative estimate of drug-likeness (QED) is 0.520. The summed E-state index contributed by atoms with van der Waals surface area (Å²) in [6.07, 6.45) is 3.94. The summed E-state index contributed by atoms with van der Waals surface area (Å²) in [5, 5.41) is 14.7. The van der Waals surface area contributed by atoms with Crippen LogP contribution < -0.4 is 5.32 Å². The topological polar surface area (TPSA) is 63.6 Å². The lowest BCUT2D eigenvalue weighted by Gasteiger charge is -2.00. The average Bonchev–Trinajstić information content (AvgIpc) is 3.06. The first-order chi connectivity index (χ1) is 10.7. The molecule has 3 rings (SSSR count). The van der Waals surface area contributed by atoms with Crippen LogP contribution in [0, 0.1) is 13.8 Å². The first-order valence-electron chi connectivity index (χ1n) is 7.15. The highest BCUT2D eigenvalue weighted by atomic mass is 32.2. The molecule has 3 aromatic rings. The molecule has 1 N–H and O–H groups in total. The van der Waals surface area contributed by atoms with Gasteiger partial charge in [-0.3, -0.25) is 0 Å². The standard InChI is InChI=1S/C14H17N5S3/c1-4-5-6-15-13-18-19-14(22-13)21-12-10-8(2)9(3)20-11(10)16-7-17-12/h7H,4-6H2,1-3H3,(H,15,18). The monoisotopic (exact) mass is 351 g/mol. The lowest BCUT2D eigenvalue weighted by molar-refractivity contribution is 0.830. The minimum absolute atomic E-state index is 0.875. The van der Waals surface area contributed by atoms with Crippen LogP contribution in [0.2, 0.25) is 0 Å². The third kappa shape index (κ3) is 3.23. The minimum Gasteiger partial charge on any atom is -0.360 e. The van der Waals surface area contributed by atoms with Gasteiger partial charge in [0.2, 0.25) is 5.13 Å². The van der Waals surface area contributed by atoms with Gasteiger partial charge in [-0.2, -0.15) is 0 Å². The Kier molecular flexibility index (Phi) is 4.90. The van der Waals surface area contributed by atoms with Gasteiger partial charge in [0.25, 0.3) is 0 Å².